The predicted molar refractivity (Wildman–Crippen MR) is 152 cm³/mol. The molecular formula is C27H26ClF3N6O3S. The van der Waals surface area contributed by atoms with E-state index in [9.17, 15) is 22.8 Å². The number of piperidine rings is 1. The Hall–Kier alpha value is -3.84. The Morgan fingerprint density at radius 1 is 1.20 bits per heavy atom. The Labute approximate surface area is 241 Å². The standard InChI is InChI=1S/C20H15ClF3N5OS.C7H11NO2/c1-26-19-28-15-7-12(17-27-8-16(31-17)20(22,23)24)14(25)6-13(15)18(30)29(19)9-10-2-4-11(21)5-3-10;9-7-8-4-2-1-3-6(8)5-10-7/h2-8H,9,25H2,1H3,(H,26,28);6H,1-5H2. The van der Waals surface area contributed by atoms with Crippen LogP contribution in [0.4, 0.5) is 29.6 Å². The Balaban J connectivity index is 0.000000282. The van der Waals surface area contributed by atoms with Crippen molar-refractivity contribution in [2.24, 2.45) is 0 Å². The molecule has 2 saturated heterocycles. The number of hydrogen-bond donors (Lipinski definition) is 2. The Bertz CT molecular complexity index is 1640. The molecule has 2 aliphatic heterocycles. The number of ether oxygens (including phenoxy) is 1. The number of nitrogens with zero attached hydrogens (tertiary/aromatic N) is 4. The molecular weight excluding hydrogens is 581 g/mol. The summed E-state index contributed by atoms with van der Waals surface area (Å²) in [4.78, 5) is 33.4. The molecule has 0 aliphatic carbocycles. The first-order chi connectivity index (χ1) is 19.5. The molecule has 2 fully saturated rings. The highest BCUT2D eigenvalue weighted by Gasteiger charge is 2.34. The average molecular weight is 607 g/mol. The lowest BCUT2D eigenvalue weighted by Crippen LogP contribution is -2.37. The molecule has 6 rings (SSSR count). The predicted octanol–water partition coefficient (Wildman–Crippen LogP) is 5.86. The van der Waals surface area contributed by atoms with E-state index in [-0.39, 0.29) is 39.8 Å². The number of nitrogens with two attached hydrogens (primary N) is 1. The summed E-state index contributed by atoms with van der Waals surface area (Å²) in [5.41, 5.74) is 7.32. The molecule has 4 aromatic rings. The Morgan fingerprint density at radius 3 is 2.61 bits per heavy atom. The van der Waals surface area contributed by atoms with Crippen LogP contribution in [0.5, 0.6) is 0 Å². The SMILES string of the molecule is CNc1nc2cc(-c3ncc(C(F)(F)F)s3)c(N)cc2c(=O)n1Cc1ccc(Cl)cc1.O=C1OCC2CCCCN12. The van der Waals surface area contributed by atoms with Crippen LogP contribution in [-0.2, 0) is 17.5 Å². The fraction of sp³-hybridized carbons (Fsp3) is 0.333. The molecule has 41 heavy (non-hydrogen) atoms. The maximum Gasteiger partial charge on any atom is 0.427 e. The third-order valence-corrected chi connectivity index (χ3v) is 8.21. The van der Waals surface area contributed by atoms with Crippen LogP contribution in [0.3, 0.4) is 0 Å². The first kappa shape index (κ1) is 28.7. The molecule has 14 heteroatoms. The maximum atomic E-state index is 13.2. The van der Waals surface area contributed by atoms with Crippen LogP contribution >= 0.6 is 22.9 Å². The first-order valence-corrected chi connectivity index (χ1v) is 14.0. The van der Waals surface area contributed by atoms with Crippen molar-refractivity contribution in [3.05, 3.63) is 68.4 Å². The van der Waals surface area contributed by atoms with E-state index in [1.165, 1.54) is 23.1 Å². The van der Waals surface area contributed by atoms with E-state index in [4.69, 9.17) is 22.1 Å². The number of rotatable bonds is 4. The van der Waals surface area contributed by atoms with Crippen molar-refractivity contribution in [3.8, 4) is 10.6 Å². The lowest BCUT2D eigenvalue weighted by atomic mass is 10.0. The third-order valence-electron chi connectivity index (χ3n) is 6.88. The minimum Gasteiger partial charge on any atom is -0.447 e. The van der Waals surface area contributed by atoms with Crippen molar-refractivity contribution in [1.29, 1.82) is 0 Å². The summed E-state index contributed by atoms with van der Waals surface area (Å²) >= 11 is 6.40. The molecule has 0 spiro atoms. The van der Waals surface area contributed by atoms with E-state index in [2.05, 4.69) is 15.3 Å². The summed E-state index contributed by atoms with van der Waals surface area (Å²) in [6, 6.07) is 10.4. The number of aromatic nitrogens is 3. The van der Waals surface area contributed by atoms with Gasteiger partial charge in [-0.25, -0.2) is 14.8 Å². The summed E-state index contributed by atoms with van der Waals surface area (Å²) in [6.07, 6.45) is -0.311. The molecule has 216 valence electrons. The zero-order valence-electron chi connectivity index (χ0n) is 21.9. The molecule has 1 unspecified atom stereocenters. The van der Waals surface area contributed by atoms with Crippen LogP contribution in [-0.4, -0.2) is 51.8 Å². The molecule has 2 aromatic heterocycles. The fourth-order valence-corrected chi connectivity index (χ4v) is 5.72. The van der Waals surface area contributed by atoms with E-state index in [0.717, 1.165) is 31.1 Å². The van der Waals surface area contributed by atoms with Gasteiger partial charge in [0.2, 0.25) is 5.95 Å². The quantitative estimate of drug-likeness (QED) is 0.280. The van der Waals surface area contributed by atoms with Crippen molar-refractivity contribution in [2.75, 3.05) is 31.2 Å². The number of nitrogen functional groups attached to an aromatic ring is 1. The molecule has 1 atom stereocenters. The van der Waals surface area contributed by atoms with E-state index >= 15 is 0 Å². The van der Waals surface area contributed by atoms with Gasteiger partial charge >= 0.3 is 12.3 Å². The fourth-order valence-electron chi connectivity index (χ4n) is 4.77. The van der Waals surface area contributed by atoms with Gasteiger partial charge in [0.1, 0.15) is 16.5 Å². The third kappa shape index (κ3) is 6.10. The second kappa shape index (κ2) is 11.6. The molecule has 0 bridgehead atoms. The summed E-state index contributed by atoms with van der Waals surface area (Å²) < 4.78 is 45.1. The monoisotopic (exact) mass is 606 g/mol. The van der Waals surface area contributed by atoms with Gasteiger partial charge in [0, 0.05) is 29.9 Å². The van der Waals surface area contributed by atoms with Crippen LogP contribution in [0.15, 0.2) is 47.4 Å². The van der Waals surface area contributed by atoms with Gasteiger partial charge in [0.05, 0.1) is 29.7 Å². The highest BCUT2D eigenvalue weighted by molar-refractivity contribution is 7.15. The van der Waals surface area contributed by atoms with Crippen LogP contribution in [0, 0.1) is 0 Å². The second-order valence-electron chi connectivity index (χ2n) is 9.61. The summed E-state index contributed by atoms with van der Waals surface area (Å²) in [7, 11) is 1.63. The number of thiazole rings is 1. The number of alkyl halides is 3. The first-order valence-electron chi connectivity index (χ1n) is 12.8. The number of nitrogens with one attached hydrogen (secondary N) is 1. The van der Waals surface area contributed by atoms with E-state index < -0.39 is 11.1 Å². The normalized spacial score (nSPS) is 16.7. The van der Waals surface area contributed by atoms with Crippen LogP contribution in [0.25, 0.3) is 21.5 Å². The summed E-state index contributed by atoms with van der Waals surface area (Å²) in [5, 5.41) is 3.83. The van der Waals surface area contributed by atoms with E-state index in [1.807, 2.05) is 4.90 Å². The van der Waals surface area contributed by atoms with Crippen molar-refractivity contribution in [2.45, 2.75) is 38.0 Å². The zero-order valence-corrected chi connectivity index (χ0v) is 23.4. The molecule has 2 aliphatic rings. The van der Waals surface area contributed by atoms with Gasteiger partial charge in [0.15, 0.2) is 0 Å². The Kier molecular flexibility index (Phi) is 8.09. The van der Waals surface area contributed by atoms with Gasteiger partial charge in [-0.1, -0.05) is 23.7 Å². The van der Waals surface area contributed by atoms with Crippen molar-refractivity contribution < 1.29 is 22.7 Å². The number of fused-ring (bicyclic) bond motifs is 2. The largest absolute Gasteiger partial charge is 0.447 e. The summed E-state index contributed by atoms with van der Waals surface area (Å²) in [6.45, 7) is 1.78. The number of carbonyl (C=O) groups is 1. The number of benzene rings is 2. The number of cyclic esters (lactones) is 1. The minimum absolute atomic E-state index is 0.102. The van der Waals surface area contributed by atoms with Crippen LogP contribution in [0.2, 0.25) is 5.02 Å². The van der Waals surface area contributed by atoms with Gasteiger partial charge in [-0.2, -0.15) is 13.2 Å². The van der Waals surface area contributed by atoms with Crippen molar-refractivity contribution >= 4 is 51.6 Å². The van der Waals surface area contributed by atoms with E-state index in [0.29, 0.717) is 40.5 Å². The second-order valence-corrected chi connectivity index (χ2v) is 11.1. The number of carbonyl (C=O) groups excluding carboxylic acids is 1. The highest BCUT2D eigenvalue weighted by Crippen LogP contribution is 2.39. The molecule has 0 radical (unpaired) electrons. The highest BCUT2D eigenvalue weighted by atomic mass is 35.5. The lowest BCUT2D eigenvalue weighted by Gasteiger charge is -2.25. The lowest BCUT2D eigenvalue weighted by molar-refractivity contribution is -0.134. The van der Waals surface area contributed by atoms with Crippen molar-refractivity contribution in [1.82, 2.24) is 19.4 Å². The molecule has 0 saturated carbocycles. The Morgan fingerprint density at radius 2 is 1.95 bits per heavy atom. The topological polar surface area (TPSA) is 115 Å². The number of hydrogen-bond acceptors (Lipinski definition) is 8. The van der Waals surface area contributed by atoms with Gasteiger partial charge < -0.3 is 20.7 Å². The average Bonchev–Trinajstić information content (AvgIpc) is 3.60. The molecule has 4 heterocycles. The molecule has 3 N–H and O–H groups in total. The van der Waals surface area contributed by atoms with E-state index in [1.54, 1.807) is 31.3 Å². The van der Waals surface area contributed by atoms with Crippen molar-refractivity contribution in [3.63, 3.8) is 0 Å². The van der Waals surface area contributed by atoms with Crippen LogP contribution in [0.1, 0.15) is 29.7 Å². The minimum atomic E-state index is -4.49. The van der Waals surface area contributed by atoms with Crippen LogP contribution < -0.4 is 16.6 Å². The molecule has 1 amide bonds. The number of amides is 1. The van der Waals surface area contributed by atoms with Gasteiger partial charge in [-0.05, 0) is 49.1 Å². The smallest absolute Gasteiger partial charge is 0.427 e. The number of anilines is 2. The number of halogens is 4. The zero-order chi connectivity index (χ0) is 29.3. The molecule has 9 nitrogen and oxygen atoms in total. The van der Waals surface area contributed by atoms with Gasteiger partial charge in [-0.15, -0.1) is 11.3 Å². The van der Waals surface area contributed by atoms with Gasteiger partial charge in [0.25, 0.3) is 5.56 Å². The maximum absolute atomic E-state index is 13.2. The summed E-state index contributed by atoms with van der Waals surface area (Å²) in [5.74, 6) is 0.304. The van der Waals surface area contributed by atoms with Gasteiger partial charge in [-0.3, -0.25) is 9.36 Å². The molecule has 2 aromatic carbocycles.